The summed E-state index contributed by atoms with van der Waals surface area (Å²) in [6.45, 7) is 0. The zero-order chi connectivity index (χ0) is 13.2. The minimum atomic E-state index is -0.418. The van der Waals surface area contributed by atoms with Crippen LogP contribution in [0.4, 0.5) is 0 Å². The lowest BCUT2D eigenvalue weighted by Crippen LogP contribution is -2.01. The maximum Gasteiger partial charge on any atom is 0.340 e. The fraction of sp³-hybridized carbons (Fsp3) is 0.0667. The smallest absolute Gasteiger partial charge is 0.340 e. The zero-order valence-corrected chi connectivity index (χ0v) is 10.3. The summed E-state index contributed by atoms with van der Waals surface area (Å²) in [5.41, 5.74) is 2.37. The van der Waals surface area contributed by atoms with Crippen LogP contribution in [-0.2, 0) is 4.74 Å². The molecule has 0 atom stereocenters. The van der Waals surface area contributed by atoms with E-state index in [0.29, 0.717) is 22.6 Å². The van der Waals surface area contributed by atoms with E-state index < -0.39 is 5.97 Å². The number of nitrogens with zero attached hydrogens (tertiary/aromatic N) is 1. The molecule has 1 heterocycles. The molecule has 4 heteroatoms. The number of oxazole rings is 1. The van der Waals surface area contributed by atoms with E-state index in [1.807, 2.05) is 30.3 Å². The van der Waals surface area contributed by atoms with Gasteiger partial charge in [0.2, 0.25) is 5.89 Å². The Morgan fingerprint density at radius 2 is 1.89 bits per heavy atom. The Morgan fingerprint density at radius 1 is 1.11 bits per heavy atom. The number of benzene rings is 2. The second kappa shape index (κ2) is 4.57. The fourth-order valence-electron chi connectivity index (χ4n) is 1.93. The van der Waals surface area contributed by atoms with Gasteiger partial charge in [-0.15, -0.1) is 0 Å². The van der Waals surface area contributed by atoms with Gasteiger partial charge in [0.1, 0.15) is 5.52 Å². The van der Waals surface area contributed by atoms with Gasteiger partial charge in [-0.3, -0.25) is 0 Å². The molecule has 0 radical (unpaired) electrons. The van der Waals surface area contributed by atoms with Crippen LogP contribution in [0, 0.1) is 0 Å². The molecule has 19 heavy (non-hydrogen) atoms. The van der Waals surface area contributed by atoms with Crippen LogP contribution < -0.4 is 0 Å². The topological polar surface area (TPSA) is 52.3 Å². The molecule has 1 aromatic heterocycles. The third kappa shape index (κ3) is 1.97. The average molecular weight is 253 g/mol. The maximum absolute atomic E-state index is 11.7. The van der Waals surface area contributed by atoms with Gasteiger partial charge >= 0.3 is 5.97 Å². The van der Waals surface area contributed by atoms with Crippen molar-refractivity contribution in [3.8, 4) is 11.5 Å². The van der Waals surface area contributed by atoms with Crippen molar-refractivity contribution < 1.29 is 13.9 Å². The van der Waals surface area contributed by atoms with Gasteiger partial charge in [0.05, 0.1) is 12.7 Å². The van der Waals surface area contributed by atoms with Crippen LogP contribution in [0.25, 0.3) is 22.6 Å². The lowest BCUT2D eigenvalue weighted by molar-refractivity contribution is 0.0603. The molecule has 3 rings (SSSR count). The van der Waals surface area contributed by atoms with Gasteiger partial charge in [-0.2, -0.15) is 0 Å². The number of para-hydroxylation sites is 1. The molecule has 0 bridgehead atoms. The highest BCUT2D eigenvalue weighted by atomic mass is 16.5. The number of methoxy groups -OCH3 is 1. The molecular formula is C15H11NO3. The SMILES string of the molecule is COC(=O)c1cccc2oc(-c3ccccc3)nc12. The van der Waals surface area contributed by atoms with E-state index in [2.05, 4.69) is 4.98 Å². The van der Waals surface area contributed by atoms with Crippen molar-refractivity contribution in [3.05, 3.63) is 54.1 Å². The highest BCUT2D eigenvalue weighted by molar-refractivity contribution is 6.01. The summed E-state index contributed by atoms with van der Waals surface area (Å²) >= 11 is 0. The van der Waals surface area contributed by atoms with E-state index in [-0.39, 0.29) is 0 Å². The first kappa shape index (κ1) is 11.5. The van der Waals surface area contributed by atoms with Crippen molar-refractivity contribution in [2.75, 3.05) is 7.11 Å². The van der Waals surface area contributed by atoms with Crippen molar-refractivity contribution in [1.29, 1.82) is 0 Å². The van der Waals surface area contributed by atoms with Gasteiger partial charge in [-0.25, -0.2) is 9.78 Å². The van der Waals surface area contributed by atoms with E-state index in [1.54, 1.807) is 18.2 Å². The number of hydrogen-bond donors (Lipinski definition) is 0. The fourth-order valence-corrected chi connectivity index (χ4v) is 1.93. The minimum Gasteiger partial charge on any atom is -0.465 e. The van der Waals surface area contributed by atoms with Crippen molar-refractivity contribution in [3.63, 3.8) is 0 Å². The summed E-state index contributed by atoms with van der Waals surface area (Å²) in [5.74, 6) is 0.0745. The molecule has 0 aliphatic rings. The summed E-state index contributed by atoms with van der Waals surface area (Å²) in [7, 11) is 1.35. The summed E-state index contributed by atoms with van der Waals surface area (Å²) in [4.78, 5) is 16.1. The Bertz CT molecular complexity index is 731. The molecule has 0 saturated carbocycles. The Morgan fingerprint density at radius 3 is 2.63 bits per heavy atom. The third-order valence-electron chi connectivity index (χ3n) is 2.85. The first-order valence-corrected chi connectivity index (χ1v) is 5.83. The molecule has 0 fully saturated rings. The minimum absolute atomic E-state index is 0.408. The first-order chi connectivity index (χ1) is 9.29. The number of hydrogen-bond acceptors (Lipinski definition) is 4. The number of carbonyl (C=O) groups is 1. The molecule has 0 N–H and O–H groups in total. The Kier molecular flexibility index (Phi) is 2.76. The monoisotopic (exact) mass is 253 g/mol. The van der Waals surface area contributed by atoms with Crippen LogP contribution in [0.2, 0.25) is 0 Å². The van der Waals surface area contributed by atoms with Crippen LogP contribution in [0.15, 0.2) is 52.9 Å². The summed E-state index contributed by atoms with van der Waals surface area (Å²) in [5, 5.41) is 0. The molecule has 0 amide bonds. The summed E-state index contributed by atoms with van der Waals surface area (Å²) in [6, 6.07) is 14.7. The molecule has 94 valence electrons. The molecule has 0 aliphatic carbocycles. The predicted octanol–water partition coefficient (Wildman–Crippen LogP) is 3.28. The quantitative estimate of drug-likeness (QED) is 0.658. The molecule has 0 spiro atoms. The van der Waals surface area contributed by atoms with E-state index in [4.69, 9.17) is 9.15 Å². The van der Waals surface area contributed by atoms with Gasteiger partial charge < -0.3 is 9.15 Å². The standard InChI is InChI=1S/C15H11NO3/c1-18-15(17)11-8-5-9-12-13(11)16-14(19-12)10-6-3-2-4-7-10/h2-9H,1H3. The molecule has 2 aromatic carbocycles. The van der Waals surface area contributed by atoms with Gasteiger partial charge in [-0.1, -0.05) is 24.3 Å². The second-order valence-electron chi connectivity index (χ2n) is 4.03. The van der Waals surface area contributed by atoms with E-state index in [9.17, 15) is 4.79 Å². The molecule has 0 aliphatic heterocycles. The Hall–Kier alpha value is -2.62. The first-order valence-electron chi connectivity index (χ1n) is 5.83. The molecule has 0 unspecified atom stereocenters. The van der Waals surface area contributed by atoms with Crippen LogP contribution in [0.3, 0.4) is 0 Å². The number of ether oxygens (including phenoxy) is 1. The predicted molar refractivity (Wildman–Crippen MR) is 70.8 cm³/mol. The van der Waals surface area contributed by atoms with Crippen molar-refractivity contribution in [2.45, 2.75) is 0 Å². The summed E-state index contributed by atoms with van der Waals surface area (Å²) < 4.78 is 10.4. The highest BCUT2D eigenvalue weighted by Gasteiger charge is 2.16. The van der Waals surface area contributed by atoms with Crippen molar-refractivity contribution >= 4 is 17.1 Å². The van der Waals surface area contributed by atoms with E-state index in [0.717, 1.165) is 5.56 Å². The van der Waals surface area contributed by atoms with Crippen LogP contribution >= 0.6 is 0 Å². The number of fused-ring (bicyclic) bond motifs is 1. The number of esters is 1. The zero-order valence-electron chi connectivity index (χ0n) is 10.3. The molecule has 0 saturated heterocycles. The lowest BCUT2D eigenvalue weighted by Gasteiger charge is -1.97. The van der Waals surface area contributed by atoms with E-state index >= 15 is 0 Å². The highest BCUT2D eigenvalue weighted by Crippen LogP contribution is 2.26. The Labute approximate surface area is 109 Å². The second-order valence-corrected chi connectivity index (χ2v) is 4.03. The van der Waals surface area contributed by atoms with Crippen molar-refractivity contribution in [1.82, 2.24) is 4.98 Å². The van der Waals surface area contributed by atoms with Crippen molar-refractivity contribution in [2.24, 2.45) is 0 Å². The number of aromatic nitrogens is 1. The number of rotatable bonds is 2. The van der Waals surface area contributed by atoms with Crippen LogP contribution in [0.1, 0.15) is 10.4 Å². The third-order valence-corrected chi connectivity index (χ3v) is 2.85. The van der Waals surface area contributed by atoms with Crippen LogP contribution in [0.5, 0.6) is 0 Å². The maximum atomic E-state index is 11.7. The van der Waals surface area contributed by atoms with E-state index in [1.165, 1.54) is 7.11 Å². The van der Waals surface area contributed by atoms with Gasteiger partial charge in [-0.05, 0) is 24.3 Å². The van der Waals surface area contributed by atoms with Gasteiger partial charge in [0, 0.05) is 5.56 Å². The number of carbonyl (C=O) groups excluding carboxylic acids is 1. The van der Waals surface area contributed by atoms with Gasteiger partial charge in [0.15, 0.2) is 5.58 Å². The molecule has 3 aromatic rings. The summed E-state index contributed by atoms with van der Waals surface area (Å²) in [6.07, 6.45) is 0. The molecule has 4 nitrogen and oxygen atoms in total. The largest absolute Gasteiger partial charge is 0.465 e. The Balaban J connectivity index is 2.19. The van der Waals surface area contributed by atoms with Crippen LogP contribution in [-0.4, -0.2) is 18.1 Å². The molecular weight excluding hydrogens is 242 g/mol. The average Bonchev–Trinajstić information content (AvgIpc) is 2.91. The lowest BCUT2D eigenvalue weighted by atomic mass is 10.2. The van der Waals surface area contributed by atoms with Gasteiger partial charge in [0.25, 0.3) is 0 Å². The normalized spacial score (nSPS) is 10.6.